The van der Waals surface area contributed by atoms with Crippen molar-refractivity contribution in [1.82, 2.24) is 0 Å². The van der Waals surface area contributed by atoms with Crippen LogP contribution in [0.3, 0.4) is 0 Å². The van der Waals surface area contributed by atoms with Crippen LogP contribution in [-0.4, -0.2) is 50.3 Å². The van der Waals surface area contributed by atoms with E-state index in [0.717, 1.165) is 0 Å². The lowest BCUT2D eigenvalue weighted by Crippen LogP contribution is -2.10. The van der Waals surface area contributed by atoms with Crippen LogP contribution in [0.1, 0.15) is 11.1 Å². The van der Waals surface area contributed by atoms with E-state index in [1.807, 2.05) is 0 Å². The third-order valence-corrected chi connectivity index (χ3v) is 4.29. The van der Waals surface area contributed by atoms with Gasteiger partial charge in [0, 0.05) is 0 Å². The molecule has 0 aromatic heterocycles. The number of rotatable bonds is 7. The Kier molecular flexibility index (Phi) is 5.49. The summed E-state index contributed by atoms with van der Waals surface area (Å²) in [5.74, 6) is -1.45. The highest BCUT2D eigenvalue weighted by Crippen LogP contribution is 2.42. The van der Waals surface area contributed by atoms with Gasteiger partial charge >= 0.3 is 11.9 Å². The molecule has 0 saturated carbocycles. The van der Waals surface area contributed by atoms with Crippen molar-refractivity contribution in [3.05, 3.63) is 41.5 Å². The third-order valence-electron chi connectivity index (χ3n) is 4.29. The molecule has 1 aliphatic rings. The Morgan fingerprint density at radius 1 is 0.793 bits per heavy atom. The quantitative estimate of drug-likeness (QED) is 0.531. The van der Waals surface area contributed by atoms with Crippen LogP contribution in [0, 0.1) is 0 Å². The minimum atomic E-state index is -1.44. The van der Waals surface area contributed by atoms with Gasteiger partial charge in [-0.25, -0.2) is 9.59 Å². The molecule has 0 fully saturated rings. The maximum atomic E-state index is 12.1. The predicted octanol–water partition coefficient (Wildman–Crippen LogP) is 2.52. The Labute approximate surface area is 165 Å². The van der Waals surface area contributed by atoms with Crippen molar-refractivity contribution in [3.8, 4) is 28.7 Å². The van der Waals surface area contributed by atoms with Gasteiger partial charge in [0.2, 0.25) is 12.5 Å². The van der Waals surface area contributed by atoms with Crippen molar-refractivity contribution in [2.45, 2.75) is 0 Å². The fourth-order valence-corrected chi connectivity index (χ4v) is 3.03. The number of aliphatic carboxylic acids is 2. The largest absolute Gasteiger partial charge is 0.493 e. The smallest absolute Gasteiger partial charge is 0.337 e. The van der Waals surface area contributed by atoms with Crippen molar-refractivity contribution in [2.24, 2.45) is 0 Å². The maximum Gasteiger partial charge on any atom is 0.337 e. The molecule has 0 saturated heterocycles. The molecule has 2 N–H and O–H groups in total. The second kappa shape index (κ2) is 8.01. The molecule has 0 amide bonds. The second-order valence-corrected chi connectivity index (χ2v) is 5.84. The fraction of sp³-hybridized carbons (Fsp3) is 0.200. The lowest BCUT2D eigenvalue weighted by atomic mass is 9.93. The Bertz CT molecular complexity index is 982. The number of benzene rings is 2. The summed E-state index contributed by atoms with van der Waals surface area (Å²) in [6.45, 7) is 0.00354. The number of ether oxygens (including phenoxy) is 5. The summed E-state index contributed by atoms with van der Waals surface area (Å²) in [6, 6.07) is 7.15. The molecule has 152 valence electrons. The van der Waals surface area contributed by atoms with E-state index < -0.39 is 23.1 Å². The van der Waals surface area contributed by atoms with Crippen LogP contribution in [0.5, 0.6) is 28.7 Å². The first-order chi connectivity index (χ1) is 13.9. The Hall–Kier alpha value is -3.88. The predicted molar refractivity (Wildman–Crippen MR) is 101 cm³/mol. The fourth-order valence-electron chi connectivity index (χ4n) is 3.03. The normalized spacial score (nSPS) is 12.8. The second-order valence-electron chi connectivity index (χ2n) is 5.84. The molecule has 2 aromatic rings. The summed E-state index contributed by atoms with van der Waals surface area (Å²) in [5, 5.41) is 19.7. The van der Waals surface area contributed by atoms with Gasteiger partial charge in [-0.2, -0.15) is 0 Å². The van der Waals surface area contributed by atoms with Gasteiger partial charge in [0.1, 0.15) is 0 Å². The zero-order valence-corrected chi connectivity index (χ0v) is 15.8. The number of hydrogen-bond acceptors (Lipinski definition) is 7. The van der Waals surface area contributed by atoms with E-state index in [2.05, 4.69) is 0 Å². The summed E-state index contributed by atoms with van der Waals surface area (Å²) < 4.78 is 26.2. The van der Waals surface area contributed by atoms with Crippen LogP contribution in [0.25, 0.3) is 11.1 Å². The van der Waals surface area contributed by atoms with Crippen molar-refractivity contribution in [3.63, 3.8) is 0 Å². The lowest BCUT2D eigenvalue weighted by molar-refractivity contribution is -0.132. The summed E-state index contributed by atoms with van der Waals surface area (Å²) in [4.78, 5) is 24.2. The van der Waals surface area contributed by atoms with Gasteiger partial charge in [-0.15, -0.1) is 0 Å². The number of hydrogen-bond donors (Lipinski definition) is 2. The van der Waals surface area contributed by atoms with Crippen LogP contribution in [0.4, 0.5) is 0 Å². The molecule has 0 radical (unpaired) electrons. The van der Waals surface area contributed by atoms with Gasteiger partial charge < -0.3 is 33.9 Å². The molecule has 9 nitrogen and oxygen atoms in total. The van der Waals surface area contributed by atoms with Crippen LogP contribution >= 0.6 is 0 Å². The molecule has 3 rings (SSSR count). The van der Waals surface area contributed by atoms with E-state index in [0.29, 0.717) is 11.5 Å². The van der Waals surface area contributed by atoms with E-state index in [4.69, 9.17) is 23.7 Å². The van der Waals surface area contributed by atoms with Crippen LogP contribution < -0.4 is 23.7 Å². The van der Waals surface area contributed by atoms with Crippen molar-refractivity contribution >= 4 is 23.1 Å². The van der Waals surface area contributed by atoms with Gasteiger partial charge in [-0.05, 0) is 35.4 Å². The van der Waals surface area contributed by atoms with Gasteiger partial charge in [0.25, 0.3) is 0 Å². The topological polar surface area (TPSA) is 121 Å². The standard InChI is InChI=1S/C20H18O9/c1-25-14-7-11(8-15(26-2)18(14)27-3)17(20(23)24)16(19(21)22)10-4-5-12-13(6-10)29-9-28-12/h4-8H,9H2,1-3H3,(H,21,22)(H,23,24)/b17-16-. The first-order valence-corrected chi connectivity index (χ1v) is 8.32. The molecule has 2 aromatic carbocycles. The third kappa shape index (κ3) is 3.62. The molecule has 0 unspecified atom stereocenters. The monoisotopic (exact) mass is 402 g/mol. The van der Waals surface area contributed by atoms with E-state index in [1.54, 1.807) is 0 Å². The SMILES string of the molecule is COc1cc(/C(C(=O)O)=C(/C(=O)O)c2ccc3c(c2)OCO3)cc(OC)c1OC. The Balaban J connectivity index is 2.30. The first kappa shape index (κ1) is 19.9. The molecule has 0 atom stereocenters. The molecule has 1 aliphatic heterocycles. The lowest BCUT2D eigenvalue weighted by Gasteiger charge is -2.16. The first-order valence-electron chi connectivity index (χ1n) is 8.32. The zero-order chi connectivity index (χ0) is 21.1. The van der Waals surface area contributed by atoms with E-state index in [9.17, 15) is 19.8 Å². The highest BCUT2D eigenvalue weighted by atomic mass is 16.7. The molecular weight excluding hydrogens is 384 g/mol. The average Bonchev–Trinajstić information content (AvgIpc) is 3.17. The highest BCUT2D eigenvalue weighted by Gasteiger charge is 2.27. The maximum absolute atomic E-state index is 12.1. The molecule has 0 aliphatic carbocycles. The highest BCUT2D eigenvalue weighted by molar-refractivity contribution is 6.36. The minimum absolute atomic E-state index is 0.00354. The number of methoxy groups -OCH3 is 3. The molecule has 0 bridgehead atoms. The van der Waals surface area contributed by atoms with Crippen molar-refractivity contribution in [2.75, 3.05) is 28.1 Å². The minimum Gasteiger partial charge on any atom is -0.493 e. The van der Waals surface area contributed by atoms with E-state index >= 15 is 0 Å². The van der Waals surface area contributed by atoms with Gasteiger partial charge in [0.05, 0.1) is 32.5 Å². The number of carbonyl (C=O) groups is 2. The van der Waals surface area contributed by atoms with Gasteiger partial charge in [-0.1, -0.05) is 6.07 Å². The number of carboxylic acids is 2. The summed E-state index contributed by atoms with van der Waals surface area (Å²) in [5.41, 5.74) is -0.657. The van der Waals surface area contributed by atoms with Gasteiger partial charge in [0.15, 0.2) is 23.0 Å². The van der Waals surface area contributed by atoms with Crippen LogP contribution in [0.15, 0.2) is 30.3 Å². The molecular formula is C20H18O9. The molecule has 0 spiro atoms. The number of fused-ring (bicyclic) bond motifs is 1. The van der Waals surface area contributed by atoms with E-state index in [1.165, 1.54) is 51.7 Å². The van der Waals surface area contributed by atoms with Crippen molar-refractivity contribution < 1.29 is 43.5 Å². The summed E-state index contributed by atoms with van der Waals surface area (Å²) in [7, 11) is 4.16. The Morgan fingerprint density at radius 2 is 1.34 bits per heavy atom. The van der Waals surface area contributed by atoms with Crippen LogP contribution in [-0.2, 0) is 9.59 Å². The zero-order valence-electron chi connectivity index (χ0n) is 15.8. The average molecular weight is 402 g/mol. The van der Waals surface area contributed by atoms with Gasteiger partial charge in [-0.3, -0.25) is 0 Å². The van der Waals surface area contributed by atoms with Crippen molar-refractivity contribution in [1.29, 1.82) is 0 Å². The molecule has 9 heteroatoms. The van der Waals surface area contributed by atoms with Crippen LogP contribution in [0.2, 0.25) is 0 Å². The Morgan fingerprint density at radius 3 is 1.86 bits per heavy atom. The molecule has 1 heterocycles. The molecule has 29 heavy (non-hydrogen) atoms. The summed E-state index contributed by atoms with van der Waals surface area (Å²) in [6.07, 6.45) is 0. The van der Waals surface area contributed by atoms with E-state index in [-0.39, 0.29) is 35.2 Å². The summed E-state index contributed by atoms with van der Waals surface area (Å²) >= 11 is 0. The number of carboxylic acid groups (broad SMARTS) is 2.